The van der Waals surface area contributed by atoms with Crippen LogP contribution in [0.5, 0.6) is 5.75 Å². The van der Waals surface area contributed by atoms with Crippen molar-refractivity contribution in [3.63, 3.8) is 0 Å². The lowest BCUT2D eigenvalue weighted by molar-refractivity contribution is -0.180. The number of phenolic OH excluding ortho intramolecular Hbond substituents is 1. The third kappa shape index (κ3) is 8.65. The normalized spacial score (nSPS) is 19.3. The second-order valence-corrected chi connectivity index (χ2v) is 15.4. The minimum atomic E-state index is -1.54. The van der Waals surface area contributed by atoms with Gasteiger partial charge in [-0.1, -0.05) is 36.3 Å². The van der Waals surface area contributed by atoms with Crippen LogP contribution in [0.1, 0.15) is 79.9 Å². The standard InChI is InChI=1S/C39H48N6O6S.2FH/c1-44(27-10-12-28(13-11-27)51-38(49)39(50,26-6-2-3-7-26)35-8-4-21-52-35)19-5-20-45-32-16-9-25(22-31(32)42-43-45)23-40-24-34(47)29-14-17-33(46)37-30(29)15-18-36(48)41-37;;/h4,8-9,14-18,21-22,26-28,34,40,46-47,50H,2-3,5-7,10-13,19-20,23-24H2,1H3,(H,41,48);2*1H/t27-,28-,34-,39+;;/m0../s1. The Morgan fingerprint density at radius 3 is 2.61 bits per heavy atom. The number of rotatable bonds is 14. The molecule has 12 nitrogen and oxygen atoms in total. The monoisotopic (exact) mass is 768 g/mol. The van der Waals surface area contributed by atoms with E-state index in [1.54, 1.807) is 12.1 Å². The molecule has 7 rings (SSSR count). The van der Waals surface area contributed by atoms with Crippen molar-refractivity contribution in [2.45, 2.75) is 94.7 Å². The first-order valence-corrected chi connectivity index (χ1v) is 19.3. The summed E-state index contributed by atoms with van der Waals surface area (Å²) in [6.07, 6.45) is 7.18. The van der Waals surface area contributed by atoms with E-state index >= 15 is 0 Å². The van der Waals surface area contributed by atoms with Crippen LogP contribution in [0.15, 0.2) is 64.8 Å². The number of aliphatic hydroxyl groups is 2. The summed E-state index contributed by atoms with van der Waals surface area (Å²) < 4.78 is 7.96. The average Bonchev–Trinajstić information content (AvgIpc) is 3.96. The lowest BCUT2D eigenvalue weighted by atomic mass is 9.84. The predicted octanol–water partition coefficient (Wildman–Crippen LogP) is 5.42. The first-order chi connectivity index (χ1) is 25.2. The molecule has 0 radical (unpaired) electrons. The van der Waals surface area contributed by atoms with Crippen molar-refractivity contribution in [3.05, 3.63) is 86.3 Å². The van der Waals surface area contributed by atoms with E-state index in [4.69, 9.17) is 4.74 Å². The van der Waals surface area contributed by atoms with E-state index < -0.39 is 17.7 Å². The zero-order valence-corrected chi connectivity index (χ0v) is 31.2. The minimum Gasteiger partial charge on any atom is -0.506 e. The first kappa shape index (κ1) is 40.9. The molecule has 292 valence electrons. The summed E-state index contributed by atoms with van der Waals surface area (Å²) in [7, 11) is 2.16. The molecule has 0 saturated heterocycles. The summed E-state index contributed by atoms with van der Waals surface area (Å²) in [5.74, 6) is -0.590. The molecule has 2 saturated carbocycles. The number of fused-ring (bicyclic) bond motifs is 2. The van der Waals surface area contributed by atoms with Crippen molar-refractivity contribution < 1.29 is 34.3 Å². The third-order valence-electron chi connectivity index (χ3n) is 11.1. The number of esters is 1. The highest BCUT2D eigenvalue weighted by Crippen LogP contribution is 2.44. The quantitative estimate of drug-likeness (QED) is 0.0922. The number of aromatic nitrogens is 4. The molecule has 2 fully saturated rings. The van der Waals surface area contributed by atoms with Gasteiger partial charge in [-0.05, 0) is 105 Å². The Bertz CT molecular complexity index is 2050. The minimum absolute atomic E-state index is 0. The van der Waals surface area contributed by atoms with Gasteiger partial charge in [-0.15, -0.1) is 16.4 Å². The van der Waals surface area contributed by atoms with Crippen LogP contribution in [0.3, 0.4) is 0 Å². The fourth-order valence-corrected chi connectivity index (χ4v) is 9.00. The Balaban J connectivity index is 0.00000280. The van der Waals surface area contributed by atoms with E-state index in [1.165, 1.54) is 23.5 Å². The Labute approximate surface area is 315 Å². The summed E-state index contributed by atoms with van der Waals surface area (Å²) in [6.45, 7) is 2.46. The number of phenols is 1. The topological polar surface area (TPSA) is 166 Å². The smallest absolute Gasteiger partial charge is 0.344 e. The zero-order valence-electron chi connectivity index (χ0n) is 30.4. The third-order valence-corrected chi connectivity index (χ3v) is 12.1. The van der Waals surface area contributed by atoms with E-state index in [0.717, 1.165) is 87.5 Å². The molecule has 0 unspecified atom stereocenters. The van der Waals surface area contributed by atoms with Crippen LogP contribution < -0.4 is 10.9 Å². The van der Waals surface area contributed by atoms with Crippen LogP contribution in [0.4, 0.5) is 9.41 Å². The number of nitrogens with one attached hydrogen (secondary N) is 2. The van der Waals surface area contributed by atoms with Gasteiger partial charge in [-0.3, -0.25) is 14.2 Å². The highest BCUT2D eigenvalue weighted by atomic mass is 32.1. The van der Waals surface area contributed by atoms with Gasteiger partial charge in [0.1, 0.15) is 17.4 Å². The van der Waals surface area contributed by atoms with E-state index in [-0.39, 0.29) is 39.3 Å². The van der Waals surface area contributed by atoms with Gasteiger partial charge >= 0.3 is 5.97 Å². The maximum absolute atomic E-state index is 13.5. The van der Waals surface area contributed by atoms with Gasteiger partial charge in [0.2, 0.25) is 5.56 Å². The van der Waals surface area contributed by atoms with Gasteiger partial charge in [0.05, 0.1) is 17.1 Å². The van der Waals surface area contributed by atoms with Crippen molar-refractivity contribution in [1.29, 1.82) is 0 Å². The van der Waals surface area contributed by atoms with Crippen LogP contribution in [0.2, 0.25) is 0 Å². The lowest BCUT2D eigenvalue weighted by Gasteiger charge is -2.37. The van der Waals surface area contributed by atoms with Gasteiger partial charge in [0, 0.05) is 47.9 Å². The van der Waals surface area contributed by atoms with Crippen molar-refractivity contribution in [3.8, 4) is 5.75 Å². The number of pyridine rings is 1. The number of aryl methyl sites for hydroxylation is 1. The average molecular weight is 769 g/mol. The second-order valence-electron chi connectivity index (χ2n) is 14.5. The van der Waals surface area contributed by atoms with Crippen molar-refractivity contribution in [1.82, 2.24) is 30.2 Å². The van der Waals surface area contributed by atoms with Gasteiger partial charge in [-0.2, -0.15) is 0 Å². The maximum Gasteiger partial charge on any atom is 0.344 e. The fourth-order valence-electron chi connectivity index (χ4n) is 8.11. The molecule has 2 aromatic carbocycles. The highest BCUT2D eigenvalue weighted by molar-refractivity contribution is 7.10. The molecule has 0 spiro atoms. The molecular formula is C39H50F2N6O6S. The van der Waals surface area contributed by atoms with Crippen LogP contribution in [-0.2, 0) is 28.2 Å². The zero-order chi connectivity index (χ0) is 36.2. The molecule has 15 heteroatoms. The van der Waals surface area contributed by atoms with Crippen molar-refractivity contribution in [2.24, 2.45) is 5.92 Å². The molecule has 3 aromatic heterocycles. The number of benzene rings is 2. The van der Waals surface area contributed by atoms with E-state index in [0.29, 0.717) is 33.9 Å². The maximum atomic E-state index is 13.5. The fraction of sp³-hybridized carbons (Fsp3) is 0.487. The van der Waals surface area contributed by atoms with Crippen LogP contribution >= 0.6 is 11.3 Å². The summed E-state index contributed by atoms with van der Waals surface area (Å²) in [5, 5.41) is 47.3. The number of carbonyl (C=O) groups is 1. The molecule has 5 aromatic rings. The molecular weight excluding hydrogens is 719 g/mol. The molecule has 5 N–H and O–H groups in total. The number of thiophene rings is 1. The number of aliphatic hydroxyl groups excluding tert-OH is 1. The second kappa shape index (κ2) is 17.9. The summed E-state index contributed by atoms with van der Waals surface area (Å²) in [6, 6.07) is 16.4. The molecule has 2 aliphatic rings. The number of H-pyrrole nitrogens is 1. The number of ether oxygens (including phenoxy) is 1. The van der Waals surface area contributed by atoms with Crippen LogP contribution in [0, 0.1) is 5.92 Å². The van der Waals surface area contributed by atoms with Gasteiger partial charge in [0.25, 0.3) is 0 Å². The summed E-state index contributed by atoms with van der Waals surface area (Å²) in [5.41, 5.74) is 1.87. The van der Waals surface area contributed by atoms with Gasteiger partial charge in [-0.25, -0.2) is 9.48 Å². The largest absolute Gasteiger partial charge is 0.506 e. The number of halogens is 2. The number of nitrogens with zero attached hydrogens (tertiary/aromatic N) is 4. The number of hydrogen-bond donors (Lipinski definition) is 5. The van der Waals surface area contributed by atoms with E-state index in [9.17, 15) is 24.9 Å². The van der Waals surface area contributed by atoms with Crippen LogP contribution in [-0.4, -0.2) is 78.4 Å². The molecule has 0 bridgehead atoms. The van der Waals surface area contributed by atoms with Gasteiger partial charge < -0.3 is 35.3 Å². The molecule has 0 aliphatic heterocycles. The lowest BCUT2D eigenvalue weighted by Crippen LogP contribution is -2.45. The van der Waals surface area contributed by atoms with E-state index in [2.05, 4.69) is 32.6 Å². The van der Waals surface area contributed by atoms with Crippen molar-refractivity contribution in [2.75, 3.05) is 20.1 Å². The number of aromatic hydroxyl groups is 1. The Hall–Kier alpha value is -4.28. The SMILES string of the molecule is CN(CCCn1nnc2cc(CNC[C@H](O)c3ccc(O)c4[nH]c(=O)ccc34)ccc21)[C@H]1CC[C@H](OC(=O)[C@](O)(c2cccs2)C2CCCC2)CC1.F.F. The van der Waals surface area contributed by atoms with Gasteiger partial charge in [0.15, 0.2) is 5.60 Å². The summed E-state index contributed by atoms with van der Waals surface area (Å²) in [4.78, 5) is 30.9. The predicted molar refractivity (Wildman–Crippen MR) is 205 cm³/mol. The Morgan fingerprint density at radius 2 is 1.87 bits per heavy atom. The first-order valence-electron chi connectivity index (χ1n) is 18.4. The van der Waals surface area contributed by atoms with E-state index in [1.807, 2.05) is 40.4 Å². The number of carbonyl (C=O) groups excluding carboxylic acids is 1. The Morgan fingerprint density at radius 1 is 1.09 bits per heavy atom. The molecule has 0 amide bonds. The van der Waals surface area contributed by atoms with Crippen molar-refractivity contribution >= 4 is 39.2 Å². The summed E-state index contributed by atoms with van der Waals surface area (Å²) >= 11 is 1.43. The van der Waals surface area contributed by atoms with Crippen LogP contribution in [0.25, 0.3) is 21.9 Å². The highest BCUT2D eigenvalue weighted by Gasteiger charge is 2.49. The molecule has 3 heterocycles. The number of aromatic amines is 1. The Kier molecular flexibility index (Phi) is 13.6. The molecule has 2 aliphatic carbocycles. The molecule has 2 atom stereocenters. The number of hydrogen-bond acceptors (Lipinski definition) is 11. The molecule has 54 heavy (non-hydrogen) atoms.